The van der Waals surface area contributed by atoms with E-state index in [0.29, 0.717) is 11.2 Å². The Morgan fingerprint density at radius 3 is 2.39 bits per heavy atom. The summed E-state index contributed by atoms with van der Waals surface area (Å²) in [6.07, 6.45) is 4.05. The summed E-state index contributed by atoms with van der Waals surface area (Å²) in [5.41, 5.74) is 3.64. The summed E-state index contributed by atoms with van der Waals surface area (Å²) in [6.45, 7) is 3.83. The molecule has 1 saturated carbocycles. The summed E-state index contributed by atoms with van der Waals surface area (Å²) in [5, 5.41) is 0.554. The first-order valence-electron chi connectivity index (χ1n) is 8.01. The van der Waals surface area contributed by atoms with Crippen LogP contribution in [0.3, 0.4) is 0 Å². The number of aryl methyl sites for hydroxylation is 1. The molecule has 0 bridgehead atoms. The Hall–Kier alpha value is -1.65. The van der Waals surface area contributed by atoms with Gasteiger partial charge in [-0.15, -0.1) is 0 Å². The molecule has 0 atom stereocenters. The molecule has 0 saturated heterocycles. The van der Waals surface area contributed by atoms with Crippen LogP contribution in [0.15, 0.2) is 30.6 Å². The van der Waals surface area contributed by atoms with Crippen molar-refractivity contribution >= 4 is 17.4 Å². The lowest BCUT2D eigenvalue weighted by Gasteiger charge is -2.25. The summed E-state index contributed by atoms with van der Waals surface area (Å²) < 4.78 is 0. The Morgan fingerprint density at radius 1 is 1.09 bits per heavy atom. The Labute approximate surface area is 143 Å². The van der Waals surface area contributed by atoms with Gasteiger partial charge in [0.2, 0.25) is 0 Å². The van der Waals surface area contributed by atoms with Gasteiger partial charge in [-0.3, -0.25) is 4.90 Å². The minimum absolute atomic E-state index is 0.554. The van der Waals surface area contributed by atoms with Crippen molar-refractivity contribution in [2.24, 2.45) is 0 Å². The normalized spacial score (nSPS) is 14.3. The van der Waals surface area contributed by atoms with Gasteiger partial charge in [-0.25, -0.2) is 9.97 Å². The zero-order chi connectivity index (χ0) is 16.4. The maximum Gasteiger partial charge on any atom is 0.139 e. The molecule has 0 radical (unpaired) electrons. The second kappa shape index (κ2) is 6.85. The van der Waals surface area contributed by atoms with Crippen molar-refractivity contribution in [2.45, 2.75) is 38.9 Å². The molecule has 4 nitrogen and oxygen atoms in total. The molecular weight excluding hydrogens is 308 g/mol. The molecule has 0 N–H and O–H groups in total. The molecule has 0 spiro atoms. The zero-order valence-electron chi connectivity index (χ0n) is 14.0. The zero-order valence-corrected chi connectivity index (χ0v) is 14.7. The van der Waals surface area contributed by atoms with E-state index in [1.165, 1.54) is 30.3 Å². The molecule has 2 aromatic rings. The van der Waals surface area contributed by atoms with Crippen LogP contribution in [-0.2, 0) is 13.1 Å². The summed E-state index contributed by atoms with van der Waals surface area (Å²) in [7, 11) is 3.98. The molecule has 0 aliphatic heterocycles. The Balaban J connectivity index is 1.82. The number of rotatable bonds is 6. The van der Waals surface area contributed by atoms with E-state index in [2.05, 4.69) is 46.1 Å². The highest BCUT2D eigenvalue weighted by Gasteiger charge is 2.30. The third kappa shape index (κ3) is 4.01. The van der Waals surface area contributed by atoms with Crippen LogP contribution >= 0.6 is 11.6 Å². The van der Waals surface area contributed by atoms with E-state index < -0.39 is 0 Å². The average molecular weight is 331 g/mol. The molecule has 3 rings (SSSR count). The predicted molar refractivity (Wildman–Crippen MR) is 94.8 cm³/mol. The lowest BCUT2D eigenvalue weighted by molar-refractivity contribution is 0.245. The van der Waals surface area contributed by atoms with E-state index in [4.69, 9.17) is 11.6 Å². The maximum absolute atomic E-state index is 6.36. The lowest BCUT2D eigenvalue weighted by atomic mass is 10.1. The standard InChI is InChI=1S/C18H23ClN4/c1-13-4-6-14(7-5-13)10-23(15-8-9-15)11-16-17(19)20-12-21-18(16)22(2)3/h4-7,12,15H,8-11H2,1-3H3. The number of nitrogens with zero attached hydrogens (tertiary/aromatic N) is 4. The van der Waals surface area contributed by atoms with Gasteiger partial charge in [0.1, 0.15) is 17.3 Å². The first-order chi connectivity index (χ1) is 11.0. The molecule has 1 heterocycles. The molecule has 1 aromatic carbocycles. The monoisotopic (exact) mass is 330 g/mol. The Morgan fingerprint density at radius 2 is 1.78 bits per heavy atom. The van der Waals surface area contributed by atoms with Crippen LogP contribution < -0.4 is 4.90 Å². The molecule has 1 aromatic heterocycles. The average Bonchev–Trinajstić information content (AvgIpc) is 3.35. The molecule has 1 aliphatic rings. The summed E-state index contributed by atoms with van der Waals surface area (Å²) in [4.78, 5) is 13.1. The summed E-state index contributed by atoms with van der Waals surface area (Å²) in [5.74, 6) is 0.902. The third-order valence-corrected chi connectivity index (χ3v) is 4.55. The van der Waals surface area contributed by atoms with E-state index in [-0.39, 0.29) is 0 Å². The topological polar surface area (TPSA) is 32.3 Å². The lowest BCUT2D eigenvalue weighted by Crippen LogP contribution is -2.27. The van der Waals surface area contributed by atoms with Crippen molar-refractivity contribution in [3.05, 3.63) is 52.4 Å². The van der Waals surface area contributed by atoms with E-state index in [1.807, 2.05) is 19.0 Å². The van der Waals surface area contributed by atoms with Gasteiger partial charge in [0.05, 0.1) is 0 Å². The van der Waals surface area contributed by atoms with Crippen molar-refractivity contribution in [3.8, 4) is 0 Å². The first kappa shape index (κ1) is 16.2. The number of hydrogen-bond donors (Lipinski definition) is 0. The van der Waals surface area contributed by atoms with Crippen LogP contribution in [0.1, 0.15) is 29.5 Å². The van der Waals surface area contributed by atoms with Crippen LogP contribution in [0.2, 0.25) is 5.15 Å². The van der Waals surface area contributed by atoms with E-state index >= 15 is 0 Å². The highest BCUT2D eigenvalue weighted by atomic mass is 35.5. The number of halogens is 1. The maximum atomic E-state index is 6.36. The quantitative estimate of drug-likeness (QED) is 0.756. The molecule has 0 unspecified atom stereocenters. The summed E-state index contributed by atoms with van der Waals surface area (Å²) >= 11 is 6.36. The largest absolute Gasteiger partial charge is 0.362 e. The molecule has 1 aliphatic carbocycles. The number of benzene rings is 1. The molecule has 122 valence electrons. The SMILES string of the molecule is Cc1ccc(CN(Cc2c(Cl)ncnc2N(C)C)C2CC2)cc1. The highest BCUT2D eigenvalue weighted by Crippen LogP contribution is 2.32. The van der Waals surface area contributed by atoms with Crippen LogP contribution in [0.4, 0.5) is 5.82 Å². The number of hydrogen-bond acceptors (Lipinski definition) is 4. The molecule has 5 heteroatoms. The van der Waals surface area contributed by atoms with Gasteiger partial charge in [-0.05, 0) is 25.3 Å². The predicted octanol–water partition coefficient (Wildman–Crippen LogP) is 3.67. The minimum Gasteiger partial charge on any atom is -0.362 e. The van der Waals surface area contributed by atoms with Gasteiger partial charge < -0.3 is 4.90 Å². The second-order valence-corrected chi connectivity index (χ2v) is 6.84. The van der Waals surface area contributed by atoms with E-state index in [0.717, 1.165) is 24.5 Å². The van der Waals surface area contributed by atoms with Crippen molar-refractivity contribution < 1.29 is 0 Å². The molecular formula is C18H23ClN4. The van der Waals surface area contributed by atoms with Crippen molar-refractivity contribution in [1.82, 2.24) is 14.9 Å². The Kier molecular flexibility index (Phi) is 4.83. The molecule has 1 fully saturated rings. The first-order valence-corrected chi connectivity index (χ1v) is 8.38. The van der Waals surface area contributed by atoms with E-state index in [1.54, 1.807) is 0 Å². The third-order valence-electron chi connectivity index (χ3n) is 4.22. The number of anilines is 1. The van der Waals surface area contributed by atoms with Gasteiger partial charge in [0, 0.05) is 38.8 Å². The van der Waals surface area contributed by atoms with Crippen LogP contribution in [0.5, 0.6) is 0 Å². The van der Waals surface area contributed by atoms with Crippen LogP contribution in [0, 0.1) is 6.92 Å². The fourth-order valence-electron chi connectivity index (χ4n) is 2.79. The van der Waals surface area contributed by atoms with Crippen LogP contribution in [-0.4, -0.2) is 35.0 Å². The van der Waals surface area contributed by atoms with Gasteiger partial charge in [0.25, 0.3) is 0 Å². The van der Waals surface area contributed by atoms with Crippen molar-refractivity contribution in [1.29, 1.82) is 0 Å². The molecule has 23 heavy (non-hydrogen) atoms. The highest BCUT2D eigenvalue weighted by molar-refractivity contribution is 6.30. The van der Waals surface area contributed by atoms with Gasteiger partial charge in [-0.1, -0.05) is 41.4 Å². The fraction of sp³-hybridized carbons (Fsp3) is 0.444. The second-order valence-electron chi connectivity index (χ2n) is 6.48. The van der Waals surface area contributed by atoms with Crippen molar-refractivity contribution in [2.75, 3.05) is 19.0 Å². The number of aromatic nitrogens is 2. The smallest absolute Gasteiger partial charge is 0.139 e. The minimum atomic E-state index is 0.554. The van der Waals surface area contributed by atoms with Gasteiger partial charge in [-0.2, -0.15) is 0 Å². The van der Waals surface area contributed by atoms with E-state index in [9.17, 15) is 0 Å². The van der Waals surface area contributed by atoms with Crippen molar-refractivity contribution in [3.63, 3.8) is 0 Å². The fourth-order valence-corrected chi connectivity index (χ4v) is 2.98. The van der Waals surface area contributed by atoms with Gasteiger partial charge >= 0.3 is 0 Å². The molecule has 0 amide bonds. The van der Waals surface area contributed by atoms with Gasteiger partial charge in [0.15, 0.2) is 0 Å². The van der Waals surface area contributed by atoms with Crippen LogP contribution in [0.25, 0.3) is 0 Å². The summed E-state index contributed by atoms with van der Waals surface area (Å²) in [6, 6.07) is 9.40. The Bertz CT molecular complexity index is 665.